The van der Waals surface area contributed by atoms with E-state index in [4.69, 9.17) is 4.74 Å². The van der Waals surface area contributed by atoms with Crippen LogP contribution in [-0.4, -0.2) is 42.1 Å². The fraction of sp³-hybridized carbons (Fsp3) is 0.652. The Morgan fingerprint density at radius 2 is 2.22 bits per heavy atom. The number of pyridine rings is 1. The van der Waals surface area contributed by atoms with Crippen molar-refractivity contribution < 1.29 is 9.53 Å². The highest BCUT2D eigenvalue weighted by atomic mass is 16.6. The summed E-state index contributed by atoms with van der Waals surface area (Å²) in [5.41, 5.74) is 2.93. The van der Waals surface area contributed by atoms with E-state index in [2.05, 4.69) is 42.9 Å². The van der Waals surface area contributed by atoms with Crippen LogP contribution in [0.2, 0.25) is 0 Å². The zero-order chi connectivity index (χ0) is 19.0. The lowest BCUT2D eigenvalue weighted by molar-refractivity contribution is -0.145. The van der Waals surface area contributed by atoms with E-state index in [1.54, 1.807) is 5.57 Å². The molecule has 2 heterocycles. The average Bonchev–Trinajstić information content (AvgIpc) is 2.93. The summed E-state index contributed by atoms with van der Waals surface area (Å²) in [5.74, 6) is 0.859. The molecule has 4 heteroatoms. The minimum absolute atomic E-state index is 0.00133. The number of aromatic nitrogens is 1. The van der Waals surface area contributed by atoms with Gasteiger partial charge in [-0.1, -0.05) is 38.0 Å². The van der Waals surface area contributed by atoms with Crippen LogP contribution in [0, 0.1) is 23.2 Å². The largest absolute Gasteiger partial charge is 0.461 e. The molecule has 0 N–H and O–H groups in total. The summed E-state index contributed by atoms with van der Waals surface area (Å²) >= 11 is 0. The summed E-state index contributed by atoms with van der Waals surface area (Å²) in [6, 6.07) is 6.03. The Balaban J connectivity index is 1.44. The topological polar surface area (TPSA) is 42.4 Å². The zero-order valence-electron chi connectivity index (χ0n) is 16.9. The first-order chi connectivity index (χ1) is 13.0. The second-order valence-electron chi connectivity index (χ2n) is 9.17. The molecule has 3 aliphatic rings. The van der Waals surface area contributed by atoms with Gasteiger partial charge in [0.15, 0.2) is 0 Å². The number of allylic oxidation sites excluding steroid dienone is 1. The lowest BCUT2D eigenvalue weighted by Crippen LogP contribution is -2.40. The van der Waals surface area contributed by atoms with Crippen molar-refractivity contribution in [3.8, 4) is 0 Å². The Kier molecular flexibility index (Phi) is 5.11. The Morgan fingerprint density at radius 3 is 3.00 bits per heavy atom. The van der Waals surface area contributed by atoms with Gasteiger partial charge >= 0.3 is 5.97 Å². The maximum atomic E-state index is 12.7. The van der Waals surface area contributed by atoms with Crippen LogP contribution < -0.4 is 0 Å². The highest BCUT2D eigenvalue weighted by molar-refractivity contribution is 5.76. The molecular formula is C23H32N2O2. The number of carbonyl (C=O) groups is 1. The number of nitrogens with zero attached hydrogens (tertiary/aromatic N) is 2. The second-order valence-corrected chi connectivity index (χ2v) is 9.17. The van der Waals surface area contributed by atoms with E-state index in [1.165, 1.54) is 19.3 Å². The molecule has 146 valence electrons. The van der Waals surface area contributed by atoms with Gasteiger partial charge in [-0.3, -0.25) is 9.78 Å². The van der Waals surface area contributed by atoms with Gasteiger partial charge in [0.1, 0.15) is 6.10 Å². The van der Waals surface area contributed by atoms with Crippen LogP contribution in [0.5, 0.6) is 0 Å². The molecule has 1 saturated carbocycles. The van der Waals surface area contributed by atoms with Crippen LogP contribution in [0.3, 0.4) is 0 Å². The first-order valence-electron chi connectivity index (χ1n) is 10.5. The molecule has 1 saturated heterocycles. The molecule has 2 fully saturated rings. The van der Waals surface area contributed by atoms with Gasteiger partial charge in [0.25, 0.3) is 0 Å². The molecule has 27 heavy (non-hydrogen) atoms. The molecule has 0 unspecified atom stereocenters. The van der Waals surface area contributed by atoms with Crippen molar-refractivity contribution in [2.75, 3.05) is 20.1 Å². The maximum absolute atomic E-state index is 12.7. The van der Waals surface area contributed by atoms with Crippen molar-refractivity contribution in [2.24, 2.45) is 23.2 Å². The summed E-state index contributed by atoms with van der Waals surface area (Å²) < 4.78 is 5.87. The summed E-state index contributed by atoms with van der Waals surface area (Å²) in [6.07, 6.45) is 10.1. The van der Waals surface area contributed by atoms with Crippen LogP contribution in [-0.2, 0) is 16.0 Å². The molecule has 0 aromatic carbocycles. The van der Waals surface area contributed by atoms with Gasteiger partial charge in [0.05, 0.1) is 5.92 Å². The number of fused-ring (bicyclic) bond motifs is 2. The van der Waals surface area contributed by atoms with E-state index < -0.39 is 0 Å². The quantitative estimate of drug-likeness (QED) is 0.584. The maximum Gasteiger partial charge on any atom is 0.311 e. The molecule has 0 amide bonds. The molecular weight excluding hydrogens is 336 g/mol. The van der Waals surface area contributed by atoms with Crippen LogP contribution >= 0.6 is 0 Å². The Bertz CT molecular complexity index is 716. The SMILES string of the molecule is C[C@@H]1CCC[C@]2(C)C[C@H]3OC(=O)[C@@H](CN(C)CCc4ccccn4)[C@H]3C=C12. The molecule has 1 aromatic heterocycles. The number of esters is 1. The Hall–Kier alpha value is -1.68. The molecule has 1 aliphatic heterocycles. The number of carbonyl (C=O) groups excluding carboxylic acids is 1. The van der Waals surface area contributed by atoms with E-state index in [0.717, 1.165) is 31.6 Å². The third-order valence-electron chi connectivity index (χ3n) is 7.07. The van der Waals surface area contributed by atoms with Gasteiger partial charge < -0.3 is 9.64 Å². The van der Waals surface area contributed by atoms with E-state index >= 15 is 0 Å². The number of likely N-dealkylation sites (N-methyl/N-ethyl adjacent to an activating group) is 1. The molecule has 2 aliphatic carbocycles. The minimum Gasteiger partial charge on any atom is -0.461 e. The first-order valence-corrected chi connectivity index (χ1v) is 10.5. The standard InChI is InChI=1S/C23H32N2O2/c1-16-7-6-10-23(2)14-21-18(13-20(16)23)19(22(26)27-21)15-25(3)12-9-17-8-4-5-11-24-17/h4-5,8,11,13,16,18-19,21H,6-7,9-10,12,14-15H2,1-3H3/t16-,18-,19+,21-,23-/m1/s1. The second kappa shape index (κ2) is 7.38. The van der Waals surface area contributed by atoms with E-state index in [9.17, 15) is 4.79 Å². The third kappa shape index (κ3) is 3.69. The van der Waals surface area contributed by atoms with Crippen LogP contribution in [0.15, 0.2) is 36.0 Å². The number of ether oxygens (including phenoxy) is 1. The van der Waals surface area contributed by atoms with Crippen LogP contribution in [0.1, 0.15) is 45.2 Å². The lowest BCUT2D eigenvalue weighted by Gasteiger charge is -2.46. The van der Waals surface area contributed by atoms with Crippen molar-refractivity contribution in [3.63, 3.8) is 0 Å². The predicted octanol–water partition coefficient (Wildman–Crippen LogP) is 3.87. The molecule has 0 radical (unpaired) electrons. The number of hydrogen-bond donors (Lipinski definition) is 0. The number of rotatable bonds is 5. The van der Waals surface area contributed by atoms with E-state index in [0.29, 0.717) is 5.92 Å². The van der Waals surface area contributed by atoms with Gasteiger partial charge in [0.2, 0.25) is 0 Å². The average molecular weight is 369 g/mol. The number of hydrogen-bond acceptors (Lipinski definition) is 4. The Labute approximate surface area is 163 Å². The molecule has 0 bridgehead atoms. The third-order valence-corrected chi connectivity index (χ3v) is 7.07. The molecule has 0 spiro atoms. The van der Waals surface area contributed by atoms with Crippen molar-refractivity contribution in [1.82, 2.24) is 9.88 Å². The van der Waals surface area contributed by atoms with E-state index in [1.807, 2.05) is 18.3 Å². The highest BCUT2D eigenvalue weighted by Gasteiger charge is 2.51. The highest BCUT2D eigenvalue weighted by Crippen LogP contribution is 2.53. The molecule has 5 atom stereocenters. The minimum atomic E-state index is -0.0325. The lowest BCUT2D eigenvalue weighted by atomic mass is 9.59. The van der Waals surface area contributed by atoms with Crippen molar-refractivity contribution >= 4 is 5.97 Å². The predicted molar refractivity (Wildman–Crippen MR) is 106 cm³/mol. The zero-order valence-corrected chi connectivity index (χ0v) is 16.9. The van der Waals surface area contributed by atoms with Crippen LogP contribution in [0.4, 0.5) is 0 Å². The van der Waals surface area contributed by atoms with Crippen molar-refractivity contribution in [1.29, 1.82) is 0 Å². The normalized spacial score (nSPS) is 35.4. The van der Waals surface area contributed by atoms with Gasteiger partial charge in [-0.05, 0) is 49.8 Å². The summed E-state index contributed by atoms with van der Waals surface area (Å²) in [7, 11) is 2.10. The Morgan fingerprint density at radius 1 is 1.37 bits per heavy atom. The van der Waals surface area contributed by atoms with Crippen molar-refractivity contribution in [3.05, 3.63) is 41.7 Å². The molecule has 4 nitrogen and oxygen atoms in total. The summed E-state index contributed by atoms with van der Waals surface area (Å²) in [5, 5.41) is 0. The van der Waals surface area contributed by atoms with Gasteiger partial charge in [-0.25, -0.2) is 0 Å². The van der Waals surface area contributed by atoms with Gasteiger partial charge in [-0.15, -0.1) is 0 Å². The molecule has 1 aromatic rings. The molecule has 4 rings (SSSR count). The smallest absolute Gasteiger partial charge is 0.311 e. The van der Waals surface area contributed by atoms with Crippen molar-refractivity contribution in [2.45, 2.75) is 52.1 Å². The summed E-state index contributed by atoms with van der Waals surface area (Å²) in [6.45, 7) is 6.41. The summed E-state index contributed by atoms with van der Waals surface area (Å²) in [4.78, 5) is 19.3. The van der Waals surface area contributed by atoms with E-state index in [-0.39, 0.29) is 29.3 Å². The fourth-order valence-electron chi connectivity index (χ4n) is 5.54. The fourth-order valence-corrected chi connectivity index (χ4v) is 5.54. The first kappa shape index (κ1) is 18.7. The van der Waals surface area contributed by atoms with Gasteiger partial charge in [-0.2, -0.15) is 0 Å². The monoisotopic (exact) mass is 368 g/mol. The van der Waals surface area contributed by atoms with Crippen LogP contribution in [0.25, 0.3) is 0 Å². The van der Waals surface area contributed by atoms with Gasteiger partial charge in [0, 0.05) is 37.3 Å².